The highest BCUT2D eigenvalue weighted by atomic mass is 19.4. The molecule has 0 unspecified atom stereocenters. The molecule has 102 valence electrons. The van der Waals surface area contributed by atoms with E-state index < -0.39 is 30.7 Å². The SMILES string of the molecule is N[C@H](c1ccccc1OC(F)F)[C@@H](O)C(F)(F)F. The first kappa shape index (κ1) is 14.7. The maximum atomic E-state index is 12.3. The third-order valence-corrected chi connectivity index (χ3v) is 2.17. The zero-order valence-electron chi connectivity index (χ0n) is 8.86. The Morgan fingerprint density at radius 1 is 1.17 bits per heavy atom. The Bertz CT molecular complexity index is 396. The van der Waals surface area contributed by atoms with Crippen molar-refractivity contribution in [3.05, 3.63) is 29.8 Å². The molecule has 0 aromatic heterocycles. The summed E-state index contributed by atoms with van der Waals surface area (Å²) in [7, 11) is 0. The molecule has 0 aliphatic rings. The van der Waals surface area contributed by atoms with E-state index in [9.17, 15) is 22.0 Å². The summed E-state index contributed by atoms with van der Waals surface area (Å²) in [5, 5.41) is 8.97. The van der Waals surface area contributed by atoms with Crippen molar-refractivity contribution in [2.24, 2.45) is 5.73 Å². The lowest BCUT2D eigenvalue weighted by Gasteiger charge is -2.23. The van der Waals surface area contributed by atoms with Crippen molar-refractivity contribution < 1.29 is 31.8 Å². The number of rotatable bonds is 4. The zero-order chi connectivity index (χ0) is 13.9. The van der Waals surface area contributed by atoms with Crippen molar-refractivity contribution in [2.45, 2.75) is 24.9 Å². The van der Waals surface area contributed by atoms with Crippen LogP contribution in [0.15, 0.2) is 24.3 Å². The summed E-state index contributed by atoms with van der Waals surface area (Å²) in [6.45, 7) is -3.19. The van der Waals surface area contributed by atoms with E-state index in [1.807, 2.05) is 0 Å². The van der Waals surface area contributed by atoms with Crippen LogP contribution in [0.4, 0.5) is 22.0 Å². The van der Waals surface area contributed by atoms with Crippen molar-refractivity contribution in [2.75, 3.05) is 0 Å². The first-order valence-electron chi connectivity index (χ1n) is 4.77. The molecule has 0 amide bonds. The van der Waals surface area contributed by atoms with Gasteiger partial charge in [-0.2, -0.15) is 22.0 Å². The van der Waals surface area contributed by atoms with E-state index in [0.717, 1.165) is 12.1 Å². The van der Waals surface area contributed by atoms with E-state index >= 15 is 0 Å². The molecule has 1 rings (SSSR count). The van der Waals surface area contributed by atoms with Crippen LogP contribution in [0, 0.1) is 0 Å². The first-order chi connectivity index (χ1) is 8.23. The highest BCUT2D eigenvalue weighted by Crippen LogP contribution is 2.33. The molecule has 0 bridgehead atoms. The summed E-state index contributed by atoms with van der Waals surface area (Å²) in [5.74, 6) is -0.497. The Morgan fingerprint density at radius 2 is 1.72 bits per heavy atom. The van der Waals surface area contributed by atoms with Crippen molar-refractivity contribution in [3.63, 3.8) is 0 Å². The van der Waals surface area contributed by atoms with E-state index in [4.69, 9.17) is 10.8 Å². The molecule has 0 aliphatic heterocycles. The molecule has 0 saturated heterocycles. The maximum absolute atomic E-state index is 12.3. The molecule has 0 aliphatic carbocycles. The van der Waals surface area contributed by atoms with Gasteiger partial charge in [-0.15, -0.1) is 0 Å². The van der Waals surface area contributed by atoms with E-state index in [1.165, 1.54) is 12.1 Å². The molecule has 2 atom stereocenters. The summed E-state index contributed by atoms with van der Waals surface area (Å²) in [5.41, 5.74) is 4.86. The molecule has 0 fully saturated rings. The van der Waals surface area contributed by atoms with Crippen LogP contribution in [0.25, 0.3) is 0 Å². The van der Waals surface area contributed by atoms with Crippen LogP contribution in [0.3, 0.4) is 0 Å². The van der Waals surface area contributed by atoms with Gasteiger partial charge in [0.05, 0.1) is 6.04 Å². The van der Waals surface area contributed by atoms with Gasteiger partial charge in [0.15, 0.2) is 6.10 Å². The zero-order valence-corrected chi connectivity index (χ0v) is 8.86. The quantitative estimate of drug-likeness (QED) is 0.825. The van der Waals surface area contributed by atoms with Gasteiger partial charge in [-0.3, -0.25) is 0 Å². The number of para-hydroxylation sites is 1. The van der Waals surface area contributed by atoms with Crippen LogP contribution in [0.5, 0.6) is 5.75 Å². The summed E-state index contributed by atoms with van der Waals surface area (Å²) < 4.78 is 64.9. The van der Waals surface area contributed by atoms with Gasteiger partial charge >= 0.3 is 12.8 Å². The van der Waals surface area contributed by atoms with E-state index in [1.54, 1.807) is 0 Å². The summed E-state index contributed by atoms with van der Waals surface area (Å²) >= 11 is 0. The first-order valence-corrected chi connectivity index (χ1v) is 4.77. The number of ether oxygens (including phenoxy) is 1. The van der Waals surface area contributed by atoms with E-state index in [2.05, 4.69) is 4.74 Å². The largest absolute Gasteiger partial charge is 0.434 e. The van der Waals surface area contributed by atoms with Crippen LogP contribution in [-0.2, 0) is 0 Å². The number of benzene rings is 1. The van der Waals surface area contributed by atoms with Gasteiger partial charge in [0.1, 0.15) is 5.75 Å². The topological polar surface area (TPSA) is 55.5 Å². The Balaban J connectivity index is 3.01. The van der Waals surface area contributed by atoms with Crippen LogP contribution in [-0.4, -0.2) is 24.0 Å². The van der Waals surface area contributed by atoms with Crippen LogP contribution in [0.2, 0.25) is 0 Å². The maximum Gasteiger partial charge on any atom is 0.416 e. The third-order valence-electron chi connectivity index (χ3n) is 2.17. The lowest BCUT2D eigenvalue weighted by Crippen LogP contribution is -2.39. The number of hydrogen-bond acceptors (Lipinski definition) is 3. The van der Waals surface area contributed by atoms with Gasteiger partial charge in [-0.25, -0.2) is 0 Å². The minimum Gasteiger partial charge on any atom is -0.434 e. The summed E-state index contributed by atoms with van der Waals surface area (Å²) in [6.07, 6.45) is -7.81. The number of alkyl halides is 5. The normalized spacial score (nSPS) is 15.6. The lowest BCUT2D eigenvalue weighted by atomic mass is 10.0. The van der Waals surface area contributed by atoms with Gasteiger partial charge in [-0.05, 0) is 6.07 Å². The van der Waals surface area contributed by atoms with E-state index in [0.29, 0.717) is 0 Å². The van der Waals surface area contributed by atoms with Crippen molar-refractivity contribution in [1.82, 2.24) is 0 Å². The second kappa shape index (κ2) is 5.49. The van der Waals surface area contributed by atoms with Gasteiger partial charge in [-0.1, -0.05) is 18.2 Å². The van der Waals surface area contributed by atoms with Crippen molar-refractivity contribution in [3.8, 4) is 5.75 Å². The smallest absolute Gasteiger partial charge is 0.416 e. The standard InChI is InChI=1S/C10H10F5NO2/c11-9(12)18-6-4-2-1-3-5(6)7(16)8(17)10(13,14)15/h1-4,7-9,17H,16H2/t7-,8-/m1/s1. The number of hydrogen-bond donors (Lipinski definition) is 2. The van der Waals surface area contributed by atoms with Gasteiger partial charge in [0, 0.05) is 5.56 Å². The predicted octanol–water partition coefficient (Wildman–Crippen LogP) is 2.21. The van der Waals surface area contributed by atoms with Gasteiger partial charge < -0.3 is 15.6 Å². The molecule has 0 saturated carbocycles. The fraction of sp³-hybridized carbons (Fsp3) is 0.400. The summed E-state index contributed by atoms with van der Waals surface area (Å²) in [6, 6.07) is 2.83. The molecular formula is C10H10F5NO2. The van der Waals surface area contributed by atoms with Crippen LogP contribution in [0.1, 0.15) is 11.6 Å². The molecule has 3 N–H and O–H groups in total. The molecular weight excluding hydrogens is 261 g/mol. The number of nitrogens with two attached hydrogens (primary N) is 1. The molecule has 18 heavy (non-hydrogen) atoms. The molecule has 8 heteroatoms. The lowest BCUT2D eigenvalue weighted by molar-refractivity contribution is -0.210. The number of aliphatic hydroxyl groups is 1. The highest BCUT2D eigenvalue weighted by Gasteiger charge is 2.43. The number of halogens is 5. The number of aliphatic hydroxyl groups excluding tert-OH is 1. The van der Waals surface area contributed by atoms with Gasteiger partial charge in [0.2, 0.25) is 0 Å². The van der Waals surface area contributed by atoms with Crippen LogP contribution < -0.4 is 10.5 Å². The molecule has 0 spiro atoms. The molecule has 1 aromatic rings. The second-order valence-electron chi connectivity index (χ2n) is 3.43. The highest BCUT2D eigenvalue weighted by molar-refractivity contribution is 5.36. The second-order valence-corrected chi connectivity index (χ2v) is 3.43. The van der Waals surface area contributed by atoms with E-state index in [-0.39, 0.29) is 5.56 Å². The van der Waals surface area contributed by atoms with Crippen molar-refractivity contribution >= 4 is 0 Å². The molecule has 3 nitrogen and oxygen atoms in total. The molecule has 0 heterocycles. The fourth-order valence-electron chi connectivity index (χ4n) is 1.33. The fourth-order valence-corrected chi connectivity index (χ4v) is 1.33. The third kappa shape index (κ3) is 3.54. The average molecular weight is 271 g/mol. The van der Waals surface area contributed by atoms with Crippen molar-refractivity contribution in [1.29, 1.82) is 0 Å². The Morgan fingerprint density at radius 3 is 2.22 bits per heavy atom. The monoisotopic (exact) mass is 271 g/mol. The van der Waals surface area contributed by atoms with Crippen LogP contribution >= 0.6 is 0 Å². The minimum atomic E-state index is -4.95. The molecule has 0 radical (unpaired) electrons. The summed E-state index contributed by atoms with van der Waals surface area (Å²) in [4.78, 5) is 0. The van der Waals surface area contributed by atoms with Gasteiger partial charge in [0.25, 0.3) is 0 Å². The Hall–Kier alpha value is -1.41. The average Bonchev–Trinajstić information content (AvgIpc) is 2.26. The predicted molar refractivity (Wildman–Crippen MR) is 52.1 cm³/mol. The minimum absolute atomic E-state index is 0.345. The molecule has 1 aromatic carbocycles. The Labute approximate surface area is 99.0 Å². The Kier molecular flexibility index (Phi) is 4.47.